The van der Waals surface area contributed by atoms with Crippen LogP contribution in [0, 0.1) is 11.8 Å². The molecule has 0 aromatic heterocycles. The number of hydrogen-bond acceptors (Lipinski definition) is 8. The Morgan fingerprint density at radius 2 is 1.91 bits per heavy atom. The van der Waals surface area contributed by atoms with E-state index < -0.39 is 11.9 Å². The molecular weight excluding hydrogens is 452 g/mol. The summed E-state index contributed by atoms with van der Waals surface area (Å²) in [5.41, 5.74) is 1.03. The molecule has 0 bridgehead atoms. The van der Waals surface area contributed by atoms with Crippen LogP contribution in [0.4, 0.5) is 0 Å². The number of carbonyl (C=O) groups is 2. The number of ether oxygens (including phenoxy) is 6. The fourth-order valence-corrected chi connectivity index (χ4v) is 6.17. The van der Waals surface area contributed by atoms with Gasteiger partial charge in [-0.2, -0.15) is 0 Å². The van der Waals surface area contributed by atoms with Crippen molar-refractivity contribution in [3.8, 4) is 0 Å². The number of esters is 1. The Labute approximate surface area is 209 Å². The molecule has 35 heavy (non-hydrogen) atoms. The molecule has 0 aromatic carbocycles. The summed E-state index contributed by atoms with van der Waals surface area (Å²) in [6.45, 7) is 14.4. The highest BCUT2D eigenvalue weighted by Crippen LogP contribution is 2.43. The Morgan fingerprint density at radius 1 is 1.14 bits per heavy atom. The minimum atomic E-state index is -0.671. The van der Waals surface area contributed by atoms with E-state index in [1.807, 2.05) is 13.8 Å². The second-order valence-corrected chi connectivity index (χ2v) is 11.2. The lowest BCUT2D eigenvalue weighted by Gasteiger charge is -2.51. The summed E-state index contributed by atoms with van der Waals surface area (Å²) in [7, 11) is 0. The lowest BCUT2D eigenvalue weighted by molar-refractivity contribution is -0.296. The fraction of sp³-hybridized carbons (Fsp3) is 0.852. The number of fused-ring (bicyclic) bond motifs is 2. The minimum absolute atomic E-state index is 0.00651. The summed E-state index contributed by atoms with van der Waals surface area (Å²) in [4.78, 5) is 22.9. The molecule has 4 aliphatic heterocycles. The van der Waals surface area contributed by atoms with Crippen molar-refractivity contribution in [3.05, 3.63) is 12.2 Å². The van der Waals surface area contributed by atoms with Crippen LogP contribution in [0.15, 0.2) is 12.2 Å². The van der Waals surface area contributed by atoms with Gasteiger partial charge < -0.3 is 33.2 Å². The van der Waals surface area contributed by atoms with Crippen molar-refractivity contribution in [1.82, 2.24) is 0 Å². The van der Waals surface area contributed by atoms with Gasteiger partial charge in [-0.1, -0.05) is 20.4 Å². The van der Waals surface area contributed by atoms with Crippen molar-refractivity contribution < 1.29 is 38.0 Å². The molecule has 0 aliphatic carbocycles. The molecule has 4 aliphatic rings. The maximum Gasteiger partial charge on any atom is 0.303 e. The van der Waals surface area contributed by atoms with E-state index >= 15 is 0 Å². The summed E-state index contributed by atoms with van der Waals surface area (Å²) in [5.74, 6) is -0.778. The highest BCUT2D eigenvalue weighted by molar-refractivity contribution is 5.66. The average molecular weight is 495 g/mol. The monoisotopic (exact) mass is 494 g/mol. The topological polar surface area (TPSA) is 89.5 Å². The smallest absolute Gasteiger partial charge is 0.303 e. The Kier molecular flexibility index (Phi) is 8.38. The molecule has 0 N–H and O–H groups in total. The fourth-order valence-electron chi connectivity index (χ4n) is 6.17. The molecule has 0 aromatic rings. The maximum absolute atomic E-state index is 12.1. The Balaban J connectivity index is 1.51. The van der Waals surface area contributed by atoms with E-state index in [2.05, 4.69) is 20.4 Å². The normalized spacial score (nSPS) is 43.4. The molecule has 198 valence electrons. The van der Waals surface area contributed by atoms with E-state index in [1.165, 1.54) is 6.92 Å². The van der Waals surface area contributed by atoms with Crippen molar-refractivity contribution in [2.45, 2.75) is 128 Å². The summed E-state index contributed by atoms with van der Waals surface area (Å²) < 4.78 is 37.5. The van der Waals surface area contributed by atoms with Gasteiger partial charge >= 0.3 is 5.97 Å². The van der Waals surface area contributed by atoms with E-state index in [-0.39, 0.29) is 60.5 Å². The zero-order chi connectivity index (χ0) is 25.3. The highest BCUT2D eigenvalue weighted by Gasteiger charge is 2.53. The molecule has 8 nitrogen and oxygen atoms in total. The molecule has 4 heterocycles. The first-order chi connectivity index (χ1) is 16.6. The van der Waals surface area contributed by atoms with Gasteiger partial charge in [0.1, 0.15) is 12.4 Å². The van der Waals surface area contributed by atoms with Crippen LogP contribution in [-0.4, -0.2) is 73.5 Å². The summed E-state index contributed by atoms with van der Waals surface area (Å²) in [6.07, 6.45) is 3.34. The Hall–Kier alpha value is -1.32. The molecule has 8 heteroatoms. The molecule has 0 amide bonds. The number of hydrogen-bond donors (Lipinski definition) is 0. The zero-order valence-corrected chi connectivity index (χ0v) is 21.8. The van der Waals surface area contributed by atoms with E-state index in [0.717, 1.165) is 24.7 Å². The lowest BCUT2D eigenvalue weighted by Crippen LogP contribution is -2.61. The number of rotatable bonds is 6. The van der Waals surface area contributed by atoms with Gasteiger partial charge in [0, 0.05) is 32.1 Å². The molecule has 4 rings (SSSR count). The Morgan fingerprint density at radius 3 is 2.63 bits per heavy atom. The van der Waals surface area contributed by atoms with Gasteiger partial charge in [0.2, 0.25) is 0 Å². The third-order valence-corrected chi connectivity index (χ3v) is 7.99. The van der Waals surface area contributed by atoms with Crippen molar-refractivity contribution in [2.24, 2.45) is 11.8 Å². The van der Waals surface area contributed by atoms with Crippen molar-refractivity contribution in [3.63, 3.8) is 0 Å². The molecule has 4 saturated heterocycles. The van der Waals surface area contributed by atoms with Crippen LogP contribution >= 0.6 is 0 Å². The van der Waals surface area contributed by atoms with Crippen molar-refractivity contribution in [1.29, 1.82) is 0 Å². The summed E-state index contributed by atoms with van der Waals surface area (Å²) >= 11 is 0. The van der Waals surface area contributed by atoms with E-state index in [4.69, 9.17) is 28.4 Å². The lowest BCUT2D eigenvalue weighted by atomic mass is 9.79. The van der Waals surface area contributed by atoms with E-state index in [0.29, 0.717) is 32.3 Å². The third-order valence-electron chi connectivity index (χ3n) is 7.99. The van der Waals surface area contributed by atoms with Crippen LogP contribution < -0.4 is 0 Å². The molecule has 0 spiro atoms. The van der Waals surface area contributed by atoms with Gasteiger partial charge in [-0.3, -0.25) is 4.79 Å². The first kappa shape index (κ1) is 26.7. The molecule has 0 unspecified atom stereocenters. The van der Waals surface area contributed by atoms with Gasteiger partial charge in [0.25, 0.3) is 0 Å². The summed E-state index contributed by atoms with van der Waals surface area (Å²) in [5, 5.41) is 0. The SMILES string of the molecule is C=C1[C@H](C)C[C@H](CCC=O)O[C@@H]1C[C@@H]1O[C@H]2C[C@H]3OC(C)(C)OCC[C@H]3O[C@H]2[C@H](C)[C@H]1OC(C)=O. The number of carbonyl (C=O) groups excluding carboxylic acids is 2. The van der Waals surface area contributed by atoms with Gasteiger partial charge in [0.15, 0.2) is 5.79 Å². The quantitative estimate of drug-likeness (QED) is 0.313. The average Bonchev–Trinajstić information content (AvgIpc) is 2.93. The van der Waals surface area contributed by atoms with Crippen LogP contribution in [-0.2, 0) is 38.0 Å². The molecule has 0 saturated carbocycles. The van der Waals surface area contributed by atoms with Crippen LogP contribution in [0.3, 0.4) is 0 Å². The minimum Gasteiger partial charge on any atom is -0.459 e. The third kappa shape index (κ3) is 6.16. The predicted octanol–water partition coefficient (Wildman–Crippen LogP) is 3.74. The van der Waals surface area contributed by atoms with Gasteiger partial charge in [-0.15, -0.1) is 0 Å². The molecule has 0 radical (unpaired) electrons. The van der Waals surface area contributed by atoms with Crippen LogP contribution in [0.1, 0.15) is 73.1 Å². The zero-order valence-electron chi connectivity index (χ0n) is 21.8. The largest absolute Gasteiger partial charge is 0.459 e. The van der Waals surface area contributed by atoms with Gasteiger partial charge in [-0.05, 0) is 44.6 Å². The second kappa shape index (κ2) is 11.0. The predicted molar refractivity (Wildman–Crippen MR) is 128 cm³/mol. The first-order valence-electron chi connectivity index (χ1n) is 13.2. The van der Waals surface area contributed by atoms with Crippen LogP contribution in [0.2, 0.25) is 0 Å². The van der Waals surface area contributed by atoms with Crippen LogP contribution in [0.5, 0.6) is 0 Å². The van der Waals surface area contributed by atoms with Crippen molar-refractivity contribution in [2.75, 3.05) is 6.61 Å². The van der Waals surface area contributed by atoms with Crippen LogP contribution in [0.25, 0.3) is 0 Å². The maximum atomic E-state index is 12.1. The molecule has 4 fully saturated rings. The number of aldehydes is 1. The summed E-state index contributed by atoms with van der Waals surface area (Å²) in [6, 6.07) is 0. The standard InChI is InChI=1S/C27H42O8/c1-15-12-19(8-7-10-28)32-21(16(15)2)13-23-25(31-18(4)29)17(3)26-24(33-23)14-22-20(34-26)9-11-30-27(5,6)35-22/h10,15,17,19-26H,2,7-9,11-14H2,1,3-6H3/t15-,17-,19+,20-,21-,22-,23+,24+,25-,26+/m1/s1. The van der Waals surface area contributed by atoms with E-state index in [9.17, 15) is 9.59 Å². The second-order valence-electron chi connectivity index (χ2n) is 11.2. The van der Waals surface area contributed by atoms with Gasteiger partial charge in [-0.25, -0.2) is 0 Å². The first-order valence-corrected chi connectivity index (χ1v) is 13.2. The van der Waals surface area contributed by atoms with Crippen molar-refractivity contribution >= 4 is 12.3 Å². The Bertz CT molecular complexity index is 781. The van der Waals surface area contributed by atoms with Gasteiger partial charge in [0.05, 0.1) is 49.3 Å². The molecule has 10 atom stereocenters. The highest BCUT2D eigenvalue weighted by atomic mass is 16.7. The molecular formula is C27H42O8. The van der Waals surface area contributed by atoms with E-state index in [1.54, 1.807) is 0 Å².